The molecule has 0 fully saturated rings. The quantitative estimate of drug-likeness (QED) is 0.801. The molecule has 0 aliphatic heterocycles. The third kappa shape index (κ3) is 2.42. The van der Waals surface area contributed by atoms with Gasteiger partial charge in [-0.1, -0.05) is 0 Å². The zero-order valence-corrected chi connectivity index (χ0v) is 11.5. The maximum atomic E-state index is 5.91. The zero-order valence-electron chi connectivity index (χ0n) is 9.11. The number of thiophene rings is 1. The second-order valence-electron chi connectivity index (χ2n) is 3.37. The van der Waals surface area contributed by atoms with Crippen molar-refractivity contribution < 1.29 is 0 Å². The smallest absolute Gasteiger partial charge is 0.225 e. The van der Waals surface area contributed by atoms with Crippen LogP contribution in [0.15, 0.2) is 11.4 Å². The molecule has 0 aliphatic rings. The van der Waals surface area contributed by atoms with Gasteiger partial charge in [-0.15, -0.1) is 11.3 Å². The molecule has 0 saturated heterocycles. The second-order valence-corrected chi connectivity index (χ2v) is 5.59. The highest BCUT2D eigenvalue weighted by Gasteiger charge is 2.11. The van der Waals surface area contributed by atoms with Crippen LogP contribution in [0.25, 0.3) is 10.2 Å². The molecule has 0 radical (unpaired) electrons. The first-order valence-corrected chi connectivity index (χ1v) is 7.48. The lowest BCUT2D eigenvalue weighted by Gasteiger charge is -2.18. The summed E-state index contributed by atoms with van der Waals surface area (Å²) in [6, 6.07) is 2.04. The van der Waals surface area contributed by atoms with E-state index in [-0.39, 0.29) is 0 Å². The number of hydrogen-bond acceptors (Lipinski definition) is 5. The first-order valence-electron chi connectivity index (χ1n) is 4.83. The van der Waals surface area contributed by atoms with Gasteiger partial charge in [0.1, 0.15) is 10.6 Å². The van der Waals surface area contributed by atoms with E-state index < -0.39 is 0 Å². The summed E-state index contributed by atoms with van der Waals surface area (Å²) in [5, 5.41) is 3.42. The first kappa shape index (κ1) is 12.0. The van der Waals surface area contributed by atoms with Gasteiger partial charge < -0.3 is 4.90 Å². The van der Waals surface area contributed by atoms with Crippen LogP contribution < -0.4 is 4.90 Å². The number of nitrogens with zero attached hydrogens (tertiary/aromatic N) is 3. The summed E-state index contributed by atoms with van der Waals surface area (Å²) in [4.78, 5) is 11.6. The monoisotopic (exact) mass is 273 g/mol. The van der Waals surface area contributed by atoms with Gasteiger partial charge in [-0.3, -0.25) is 0 Å². The number of halogens is 1. The lowest BCUT2D eigenvalue weighted by molar-refractivity contribution is 0.949. The Bertz CT molecular complexity index is 486. The number of rotatable bonds is 4. The van der Waals surface area contributed by atoms with Crippen LogP contribution in [0.2, 0.25) is 5.28 Å². The average molecular weight is 274 g/mol. The minimum Gasteiger partial charge on any atom is -0.358 e. The van der Waals surface area contributed by atoms with Crippen molar-refractivity contribution in [1.29, 1.82) is 0 Å². The maximum Gasteiger partial charge on any atom is 0.225 e. The summed E-state index contributed by atoms with van der Waals surface area (Å²) in [6.45, 7) is 0.958. The molecule has 2 rings (SSSR count). The Hall–Kier alpha value is -0.520. The normalized spacial score (nSPS) is 10.9. The van der Waals surface area contributed by atoms with Crippen molar-refractivity contribution in [3.63, 3.8) is 0 Å². The molecule has 3 nitrogen and oxygen atoms in total. The fraction of sp³-hybridized carbons (Fsp3) is 0.400. The third-order valence-electron chi connectivity index (χ3n) is 2.27. The van der Waals surface area contributed by atoms with Gasteiger partial charge >= 0.3 is 0 Å². The molecule has 0 saturated carbocycles. The summed E-state index contributed by atoms with van der Waals surface area (Å²) < 4.78 is 0. The van der Waals surface area contributed by atoms with Crippen LogP contribution in [0.4, 0.5) is 5.82 Å². The molecule has 0 aromatic carbocycles. The van der Waals surface area contributed by atoms with Crippen LogP contribution in [-0.4, -0.2) is 35.6 Å². The molecule has 86 valence electrons. The van der Waals surface area contributed by atoms with E-state index >= 15 is 0 Å². The highest BCUT2D eigenvalue weighted by Crippen LogP contribution is 2.28. The van der Waals surface area contributed by atoms with Crippen LogP contribution in [0.1, 0.15) is 0 Å². The van der Waals surface area contributed by atoms with E-state index in [1.165, 1.54) is 0 Å². The summed E-state index contributed by atoms with van der Waals surface area (Å²) in [6.07, 6.45) is 2.10. The Balaban J connectivity index is 2.38. The van der Waals surface area contributed by atoms with Gasteiger partial charge in [-0.25, -0.2) is 4.98 Å². The van der Waals surface area contributed by atoms with Gasteiger partial charge in [0.2, 0.25) is 5.28 Å². The molecule has 0 unspecified atom stereocenters. The van der Waals surface area contributed by atoms with Crippen LogP contribution in [0.5, 0.6) is 0 Å². The van der Waals surface area contributed by atoms with Crippen molar-refractivity contribution in [2.45, 2.75) is 0 Å². The molecule has 0 bridgehead atoms. The van der Waals surface area contributed by atoms with Gasteiger partial charge in [0.25, 0.3) is 0 Å². The molecule has 6 heteroatoms. The predicted octanol–water partition coefficient (Wildman–Crippen LogP) is 3.14. The molecule has 0 spiro atoms. The highest BCUT2D eigenvalue weighted by atomic mass is 35.5. The van der Waals surface area contributed by atoms with E-state index in [9.17, 15) is 0 Å². The topological polar surface area (TPSA) is 29.0 Å². The number of anilines is 1. The third-order valence-corrected chi connectivity index (χ3v) is 3.84. The summed E-state index contributed by atoms with van der Waals surface area (Å²) in [5.41, 5.74) is 0. The lowest BCUT2D eigenvalue weighted by Crippen LogP contribution is -2.21. The van der Waals surface area contributed by atoms with E-state index in [0.717, 1.165) is 28.3 Å². The first-order chi connectivity index (χ1) is 7.72. The predicted molar refractivity (Wildman–Crippen MR) is 74.1 cm³/mol. The van der Waals surface area contributed by atoms with Crippen LogP contribution in [0, 0.1) is 0 Å². The van der Waals surface area contributed by atoms with E-state index in [2.05, 4.69) is 21.1 Å². The number of fused-ring (bicyclic) bond motifs is 1. The Kier molecular flexibility index (Phi) is 3.89. The van der Waals surface area contributed by atoms with E-state index in [1.807, 2.05) is 30.3 Å². The maximum absolute atomic E-state index is 5.91. The van der Waals surface area contributed by atoms with Gasteiger partial charge in [0.05, 0.1) is 5.39 Å². The number of thioether (sulfide) groups is 1. The van der Waals surface area contributed by atoms with Gasteiger partial charge in [0.15, 0.2) is 0 Å². The molecule has 0 amide bonds. The number of hydrogen-bond donors (Lipinski definition) is 0. The van der Waals surface area contributed by atoms with E-state index in [1.54, 1.807) is 11.3 Å². The lowest BCUT2D eigenvalue weighted by atomic mass is 10.3. The van der Waals surface area contributed by atoms with Crippen molar-refractivity contribution in [3.8, 4) is 0 Å². The minimum atomic E-state index is 0.320. The van der Waals surface area contributed by atoms with Gasteiger partial charge in [-0.05, 0) is 29.3 Å². The summed E-state index contributed by atoms with van der Waals surface area (Å²) >= 11 is 9.32. The Morgan fingerprint density at radius 2 is 2.31 bits per heavy atom. The molecule has 2 aromatic rings. The molecule has 16 heavy (non-hydrogen) atoms. The minimum absolute atomic E-state index is 0.320. The van der Waals surface area contributed by atoms with E-state index in [0.29, 0.717) is 5.28 Å². The number of aromatic nitrogens is 2. The van der Waals surface area contributed by atoms with Crippen molar-refractivity contribution >= 4 is 50.7 Å². The largest absolute Gasteiger partial charge is 0.358 e. The standard InChI is InChI=1S/C10H12ClN3S2/c1-14(4-6-15-2)8-7-3-5-16-9(7)13-10(11)12-8/h3,5H,4,6H2,1-2H3. The SMILES string of the molecule is CSCCN(C)c1nc(Cl)nc2sccc12. The molecule has 0 atom stereocenters. The fourth-order valence-corrected chi connectivity index (χ4v) is 2.87. The van der Waals surface area contributed by atoms with Crippen molar-refractivity contribution in [2.75, 3.05) is 30.5 Å². The molecular weight excluding hydrogens is 262 g/mol. The van der Waals surface area contributed by atoms with E-state index in [4.69, 9.17) is 11.6 Å². The van der Waals surface area contributed by atoms with Crippen LogP contribution in [0.3, 0.4) is 0 Å². The highest BCUT2D eigenvalue weighted by molar-refractivity contribution is 7.98. The Labute approximate surface area is 108 Å². The molecule has 2 aromatic heterocycles. The molecule has 0 N–H and O–H groups in total. The zero-order chi connectivity index (χ0) is 11.5. The van der Waals surface area contributed by atoms with Crippen molar-refractivity contribution in [2.24, 2.45) is 0 Å². The second kappa shape index (κ2) is 5.21. The van der Waals surface area contributed by atoms with Crippen LogP contribution >= 0.6 is 34.7 Å². The Morgan fingerprint density at radius 3 is 3.06 bits per heavy atom. The molecule has 0 aliphatic carbocycles. The Morgan fingerprint density at radius 1 is 1.50 bits per heavy atom. The summed E-state index contributed by atoms with van der Waals surface area (Å²) in [5.74, 6) is 1.99. The van der Waals surface area contributed by atoms with Crippen molar-refractivity contribution in [3.05, 3.63) is 16.7 Å². The molecule has 2 heterocycles. The van der Waals surface area contributed by atoms with Gasteiger partial charge in [0, 0.05) is 19.3 Å². The average Bonchev–Trinajstić information content (AvgIpc) is 2.72. The molecular formula is C10H12ClN3S2. The van der Waals surface area contributed by atoms with Crippen LogP contribution in [-0.2, 0) is 0 Å². The van der Waals surface area contributed by atoms with Gasteiger partial charge in [-0.2, -0.15) is 16.7 Å². The summed E-state index contributed by atoms with van der Waals surface area (Å²) in [7, 11) is 2.03. The fourth-order valence-electron chi connectivity index (χ4n) is 1.44. The van der Waals surface area contributed by atoms with Crippen molar-refractivity contribution in [1.82, 2.24) is 9.97 Å².